The van der Waals surface area contributed by atoms with Gasteiger partial charge in [-0.15, -0.1) is 0 Å². The van der Waals surface area contributed by atoms with Crippen molar-refractivity contribution in [2.45, 2.75) is 52.5 Å². The number of nitrogens with one attached hydrogen (secondary N) is 1. The molecule has 0 spiro atoms. The van der Waals surface area contributed by atoms with E-state index in [2.05, 4.69) is 5.32 Å². The van der Waals surface area contributed by atoms with E-state index in [0.717, 1.165) is 23.3 Å². The highest BCUT2D eigenvalue weighted by atomic mass is 16.5. The van der Waals surface area contributed by atoms with Gasteiger partial charge in [0.05, 0.1) is 13.0 Å². The lowest BCUT2D eigenvalue weighted by atomic mass is 9.95. The molecule has 1 aromatic carbocycles. The Hall–Kier alpha value is -1.55. The lowest BCUT2D eigenvalue weighted by Gasteiger charge is -2.29. The molecule has 0 saturated heterocycles. The molecule has 0 fully saturated rings. The van der Waals surface area contributed by atoms with E-state index in [1.54, 1.807) is 0 Å². The summed E-state index contributed by atoms with van der Waals surface area (Å²) in [6, 6.07) is 5.99. The van der Waals surface area contributed by atoms with Crippen LogP contribution in [0.25, 0.3) is 0 Å². The highest BCUT2D eigenvalue weighted by Crippen LogP contribution is 2.22. The minimum Gasteiger partial charge on any atom is -0.493 e. The monoisotopic (exact) mass is 293 g/mol. The minimum absolute atomic E-state index is 0.0426. The molecule has 0 aromatic heterocycles. The van der Waals surface area contributed by atoms with Gasteiger partial charge in [0.15, 0.2) is 0 Å². The SMILES string of the molecule is CCC(C)(CCO)NC(=O)CCOc1c(C)cccc1C. The quantitative estimate of drug-likeness (QED) is 0.775. The van der Waals surface area contributed by atoms with E-state index in [0.29, 0.717) is 19.4 Å². The molecule has 2 N–H and O–H groups in total. The van der Waals surface area contributed by atoms with Crippen LogP contribution in [-0.2, 0) is 4.79 Å². The third kappa shape index (κ3) is 5.38. The van der Waals surface area contributed by atoms with Crippen molar-refractivity contribution in [3.63, 3.8) is 0 Å². The molecule has 0 radical (unpaired) electrons. The van der Waals surface area contributed by atoms with Crippen molar-refractivity contribution in [3.05, 3.63) is 29.3 Å². The number of rotatable bonds is 8. The Morgan fingerprint density at radius 3 is 2.48 bits per heavy atom. The molecule has 1 rings (SSSR count). The van der Waals surface area contributed by atoms with Crippen molar-refractivity contribution < 1.29 is 14.6 Å². The number of aliphatic hydroxyl groups is 1. The van der Waals surface area contributed by atoms with Crippen LogP contribution < -0.4 is 10.1 Å². The number of benzene rings is 1. The van der Waals surface area contributed by atoms with Crippen molar-refractivity contribution in [1.29, 1.82) is 0 Å². The third-order valence-corrected chi connectivity index (χ3v) is 3.87. The summed E-state index contributed by atoms with van der Waals surface area (Å²) in [4.78, 5) is 12.0. The van der Waals surface area contributed by atoms with E-state index < -0.39 is 0 Å². The van der Waals surface area contributed by atoms with Crippen LogP contribution in [-0.4, -0.2) is 29.8 Å². The molecule has 4 heteroatoms. The predicted octanol–water partition coefficient (Wildman–Crippen LogP) is 2.74. The minimum atomic E-state index is -0.343. The van der Waals surface area contributed by atoms with Gasteiger partial charge in [-0.25, -0.2) is 0 Å². The Labute approximate surface area is 127 Å². The Morgan fingerprint density at radius 1 is 1.33 bits per heavy atom. The fourth-order valence-corrected chi connectivity index (χ4v) is 2.25. The van der Waals surface area contributed by atoms with E-state index in [4.69, 9.17) is 9.84 Å². The molecule has 0 bridgehead atoms. The molecule has 1 amide bonds. The van der Waals surface area contributed by atoms with Crippen LogP contribution in [0.1, 0.15) is 44.2 Å². The molecule has 1 atom stereocenters. The standard InChI is InChI=1S/C17H27NO3/c1-5-17(4,10-11-19)18-15(20)9-12-21-16-13(2)7-6-8-14(16)3/h6-8,19H,5,9-12H2,1-4H3,(H,18,20). The number of amides is 1. The van der Waals surface area contributed by atoms with Gasteiger partial charge in [-0.1, -0.05) is 25.1 Å². The van der Waals surface area contributed by atoms with Gasteiger partial charge in [0, 0.05) is 12.1 Å². The second kappa shape index (κ2) is 8.03. The van der Waals surface area contributed by atoms with Crippen LogP contribution in [0.3, 0.4) is 0 Å². The zero-order chi connectivity index (χ0) is 15.9. The highest BCUT2D eigenvalue weighted by molar-refractivity contribution is 5.76. The van der Waals surface area contributed by atoms with Crippen LogP contribution in [0.2, 0.25) is 0 Å². The Balaban J connectivity index is 2.47. The van der Waals surface area contributed by atoms with E-state index in [9.17, 15) is 4.79 Å². The molecule has 118 valence electrons. The van der Waals surface area contributed by atoms with Gasteiger partial charge in [0.2, 0.25) is 5.91 Å². The van der Waals surface area contributed by atoms with Gasteiger partial charge in [-0.3, -0.25) is 4.79 Å². The molecular formula is C17H27NO3. The van der Waals surface area contributed by atoms with Gasteiger partial charge in [0.25, 0.3) is 0 Å². The maximum absolute atomic E-state index is 12.0. The molecule has 0 aliphatic rings. The third-order valence-electron chi connectivity index (χ3n) is 3.87. The van der Waals surface area contributed by atoms with Crippen molar-refractivity contribution in [3.8, 4) is 5.75 Å². The predicted molar refractivity (Wildman–Crippen MR) is 84.6 cm³/mol. The van der Waals surface area contributed by atoms with Crippen molar-refractivity contribution in [1.82, 2.24) is 5.32 Å². The second-order valence-electron chi connectivity index (χ2n) is 5.76. The van der Waals surface area contributed by atoms with Crippen LogP contribution in [0, 0.1) is 13.8 Å². The summed E-state index contributed by atoms with van der Waals surface area (Å²) in [5.41, 5.74) is 1.81. The van der Waals surface area contributed by atoms with Gasteiger partial charge in [0.1, 0.15) is 5.75 Å². The molecule has 0 saturated carbocycles. The Morgan fingerprint density at radius 2 is 1.95 bits per heavy atom. The summed E-state index contributed by atoms with van der Waals surface area (Å²) >= 11 is 0. The number of carbonyl (C=O) groups is 1. The summed E-state index contributed by atoms with van der Waals surface area (Å²) in [6.07, 6.45) is 1.67. The highest BCUT2D eigenvalue weighted by Gasteiger charge is 2.23. The smallest absolute Gasteiger partial charge is 0.223 e. The van der Waals surface area contributed by atoms with Gasteiger partial charge < -0.3 is 15.2 Å². The molecule has 0 aliphatic carbocycles. The van der Waals surface area contributed by atoms with Crippen molar-refractivity contribution >= 4 is 5.91 Å². The normalized spacial score (nSPS) is 13.6. The number of carbonyl (C=O) groups excluding carboxylic acids is 1. The molecule has 21 heavy (non-hydrogen) atoms. The van der Waals surface area contributed by atoms with E-state index >= 15 is 0 Å². The molecule has 4 nitrogen and oxygen atoms in total. The number of hydrogen-bond acceptors (Lipinski definition) is 3. The van der Waals surface area contributed by atoms with Crippen molar-refractivity contribution in [2.75, 3.05) is 13.2 Å². The lowest BCUT2D eigenvalue weighted by Crippen LogP contribution is -2.46. The van der Waals surface area contributed by atoms with E-state index in [1.807, 2.05) is 45.9 Å². The zero-order valence-electron chi connectivity index (χ0n) is 13.5. The lowest BCUT2D eigenvalue weighted by molar-refractivity contribution is -0.123. The first-order valence-corrected chi connectivity index (χ1v) is 7.52. The summed E-state index contributed by atoms with van der Waals surface area (Å²) in [5.74, 6) is 0.818. The van der Waals surface area contributed by atoms with E-state index in [1.165, 1.54) is 0 Å². The number of aliphatic hydroxyl groups excluding tert-OH is 1. The summed E-state index contributed by atoms with van der Waals surface area (Å²) in [5, 5.41) is 12.0. The first-order valence-electron chi connectivity index (χ1n) is 7.52. The fourth-order valence-electron chi connectivity index (χ4n) is 2.25. The summed E-state index contributed by atoms with van der Waals surface area (Å²) in [7, 11) is 0. The molecule has 0 aliphatic heterocycles. The average molecular weight is 293 g/mol. The Bertz CT molecular complexity index is 453. The average Bonchev–Trinajstić information content (AvgIpc) is 2.42. The number of aryl methyl sites for hydroxylation is 2. The molecule has 1 aromatic rings. The van der Waals surface area contributed by atoms with Crippen LogP contribution in [0.4, 0.5) is 0 Å². The number of hydrogen-bond donors (Lipinski definition) is 2. The first-order chi connectivity index (χ1) is 9.91. The number of ether oxygens (including phenoxy) is 1. The number of para-hydroxylation sites is 1. The maximum Gasteiger partial charge on any atom is 0.223 e. The molecular weight excluding hydrogens is 266 g/mol. The molecule has 1 unspecified atom stereocenters. The maximum atomic E-state index is 12.0. The topological polar surface area (TPSA) is 58.6 Å². The van der Waals surface area contributed by atoms with Gasteiger partial charge >= 0.3 is 0 Å². The van der Waals surface area contributed by atoms with Gasteiger partial charge in [-0.05, 0) is 44.7 Å². The van der Waals surface area contributed by atoms with Gasteiger partial charge in [-0.2, -0.15) is 0 Å². The van der Waals surface area contributed by atoms with Crippen LogP contribution >= 0.6 is 0 Å². The first kappa shape index (κ1) is 17.5. The fraction of sp³-hybridized carbons (Fsp3) is 0.588. The van der Waals surface area contributed by atoms with Crippen molar-refractivity contribution in [2.24, 2.45) is 0 Å². The molecule has 0 heterocycles. The van der Waals surface area contributed by atoms with E-state index in [-0.39, 0.29) is 18.1 Å². The van der Waals surface area contributed by atoms with Crippen LogP contribution in [0.5, 0.6) is 5.75 Å². The Kier molecular flexibility index (Phi) is 6.69. The largest absolute Gasteiger partial charge is 0.493 e. The summed E-state index contributed by atoms with van der Waals surface area (Å²) < 4.78 is 5.74. The zero-order valence-corrected chi connectivity index (χ0v) is 13.5. The second-order valence-corrected chi connectivity index (χ2v) is 5.76. The van der Waals surface area contributed by atoms with Crippen LogP contribution in [0.15, 0.2) is 18.2 Å². The summed E-state index contributed by atoms with van der Waals surface area (Å²) in [6.45, 7) is 8.38.